The van der Waals surface area contributed by atoms with Gasteiger partial charge in [0.2, 0.25) is 5.91 Å². The number of cyclic esters (lactones) is 2. The summed E-state index contributed by atoms with van der Waals surface area (Å²) in [5, 5.41) is 26.0. The van der Waals surface area contributed by atoms with Gasteiger partial charge in [-0.15, -0.1) is 0 Å². The Bertz CT molecular complexity index is 931. The molecular formula is C23H30N2O8. The first-order valence-corrected chi connectivity index (χ1v) is 11.1. The number of phenols is 1. The van der Waals surface area contributed by atoms with Gasteiger partial charge in [0.1, 0.15) is 17.4 Å². The molecule has 2 heterocycles. The van der Waals surface area contributed by atoms with Crippen LogP contribution in [0.1, 0.15) is 56.0 Å². The van der Waals surface area contributed by atoms with Crippen molar-refractivity contribution in [2.75, 3.05) is 0 Å². The summed E-state index contributed by atoms with van der Waals surface area (Å²) in [6.45, 7) is 5.52. The molecule has 0 saturated carbocycles. The number of benzene rings is 1. The van der Waals surface area contributed by atoms with Gasteiger partial charge in [-0.05, 0) is 24.0 Å². The first kappa shape index (κ1) is 24.5. The molecule has 0 aromatic heterocycles. The third-order valence-corrected chi connectivity index (χ3v) is 5.81. The SMILES string of the molecule is CCC(=O)NC1CC(=O)OC1C(O)C(=O)NC(CC(C)C)C1Cc2cccc(O)c2C(=O)O1. The van der Waals surface area contributed by atoms with Gasteiger partial charge < -0.3 is 30.3 Å². The van der Waals surface area contributed by atoms with Crippen LogP contribution in [-0.2, 0) is 30.3 Å². The number of carbonyl (C=O) groups is 4. The van der Waals surface area contributed by atoms with Gasteiger partial charge in [0.15, 0.2) is 12.2 Å². The predicted octanol–water partition coefficient (Wildman–Crippen LogP) is 0.576. The first-order chi connectivity index (χ1) is 15.6. The molecule has 5 atom stereocenters. The molecule has 2 aliphatic heterocycles. The van der Waals surface area contributed by atoms with E-state index < -0.39 is 48.2 Å². The Hall–Kier alpha value is -3.14. The molecule has 10 heteroatoms. The number of aliphatic hydroxyl groups is 1. The van der Waals surface area contributed by atoms with Crippen LogP contribution in [0.5, 0.6) is 5.75 Å². The smallest absolute Gasteiger partial charge is 0.342 e. The fourth-order valence-electron chi connectivity index (χ4n) is 4.20. The van der Waals surface area contributed by atoms with E-state index in [2.05, 4.69) is 10.6 Å². The molecule has 10 nitrogen and oxygen atoms in total. The third-order valence-electron chi connectivity index (χ3n) is 5.81. The zero-order valence-corrected chi connectivity index (χ0v) is 18.9. The van der Waals surface area contributed by atoms with Gasteiger partial charge in [0, 0.05) is 12.8 Å². The number of amides is 2. The second-order valence-corrected chi connectivity index (χ2v) is 8.83. The van der Waals surface area contributed by atoms with Gasteiger partial charge in [0.25, 0.3) is 5.91 Å². The third kappa shape index (κ3) is 5.62. The van der Waals surface area contributed by atoms with Crippen LogP contribution in [0, 0.1) is 5.92 Å². The molecule has 1 aromatic carbocycles. The lowest BCUT2D eigenvalue weighted by Gasteiger charge is -2.34. The average molecular weight is 462 g/mol. The first-order valence-electron chi connectivity index (χ1n) is 11.1. The molecule has 2 amide bonds. The minimum atomic E-state index is -1.72. The Labute approximate surface area is 191 Å². The summed E-state index contributed by atoms with van der Waals surface area (Å²) in [4.78, 5) is 48.9. The van der Waals surface area contributed by atoms with E-state index in [-0.39, 0.29) is 42.4 Å². The van der Waals surface area contributed by atoms with Gasteiger partial charge >= 0.3 is 11.9 Å². The summed E-state index contributed by atoms with van der Waals surface area (Å²) in [6, 6.07) is 3.29. The molecule has 0 radical (unpaired) electrons. The Morgan fingerprint density at radius 1 is 1.18 bits per heavy atom. The normalized spacial score (nSPS) is 23.8. The summed E-state index contributed by atoms with van der Waals surface area (Å²) in [5.74, 6) is -2.48. The second kappa shape index (κ2) is 10.2. The Morgan fingerprint density at radius 2 is 1.91 bits per heavy atom. The number of rotatable bonds is 8. The van der Waals surface area contributed by atoms with Gasteiger partial charge in [-0.25, -0.2) is 4.79 Å². The van der Waals surface area contributed by atoms with Crippen molar-refractivity contribution in [3.8, 4) is 5.75 Å². The molecule has 1 aromatic rings. The van der Waals surface area contributed by atoms with Crippen molar-refractivity contribution in [1.29, 1.82) is 0 Å². The van der Waals surface area contributed by atoms with Gasteiger partial charge in [-0.1, -0.05) is 32.9 Å². The molecular weight excluding hydrogens is 432 g/mol. The maximum absolute atomic E-state index is 12.9. The average Bonchev–Trinajstić information content (AvgIpc) is 3.11. The van der Waals surface area contributed by atoms with Gasteiger partial charge in [-0.2, -0.15) is 0 Å². The lowest BCUT2D eigenvalue weighted by Crippen LogP contribution is -2.56. The predicted molar refractivity (Wildman–Crippen MR) is 115 cm³/mol. The van der Waals surface area contributed by atoms with Gasteiger partial charge in [-0.3, -0.25) is 14.4 Å². The summed E-state index contributed by atoms with van der Waals surface area (Å²) in [7, 11) is 0. The zero-order valence-electron chi connectivity index (χ0n) is 18.9. The molecule has 0 spiro atoms. The Kier molecular flexibility index (Phi) is 7.57. The van der Waals surface area contributed by atoms with E-state index in [1.807, 2.05) is 13.8 Å². The maximum Gasteiger partial charge on any atom is 0.342 e. The largest absolute Gasteiger partial charge is 0.507 e. The van der Waals surface area contributed by atoms with Crippen LogP contribution in [0.2, 0.25) is 0 Å². The number of fused-ring (bicyclic) bond motifs is 1. The number of nitrogens with one attached hydrogen (secondary N) is 2. The molecule has 33 heavy (non-hydrogen) atoms. The summed E-state index contributed by atoms with van der Waals surface area (Å²) in [5.41, 5.74) is 0.711. The standard InChI is InChI=1S/C23H30N2O8/c1-4-17(27)24-14-10-18(28)33-21(14)20(29)22(30)25-13(8-11(2)3)16-9-12-6-5-7-15(26)19(12)23(31)32-16/h5-7,11,13-14,16,20-21,26,29H,4,8-10H2,1-3H3,(H,24,27)(H,25,30). The molecule has 0 bridgehead atoms. The number of hydrogen-bond acceptors (Lipinski definition) is 8. The van der Waals surface area contributed by atoms with E-state index >= 15 is 0 Å². The number of hydrogen-bond donors (Lipinski definition) is 4. The fourth-order valence-corrected chi connectivity index (χ4v) is 4.20. The lowest BCUT2D eigenvalue weighted by atomic mass is 9.90. The van der Waals surface area contributed by atoms with E-state index in [1.165, 1.54) is 6.07 Å². The number of esters is 2. The van der Waals surface area contributed by atoms with Crippen LogP contribution in [0.15, 0.2) is 18.2 Å². The van der Waals surface area contributed by atoms with Crippen molar-refractivity contribution in [3.05, 3.63) is 29.3 Å². The Morgan fingerprint density at radius 3 is 2.58 bits per heavy atom. The van der Waals surface area contributed by atoms with Crippen molar-refractivity contribution in [1.82, 2.24) is 10.6 Å². The quantitative estimate of drug-likeness (QED) is 0.410. The lowest BCUT2D eigenvalue weighted by molar-refractivity contribution is -0.151. The van der Waals surface area contributed by atoms with Crippen LogP contribution >= 0.6 is 0 Å². The zero-order chi connectivity index (χ0) is 24.3. The maximum atomic E-state index is 12.9. The van der Waals surface area contributed by atoms with Crippen LogP contribution in [-0.4, -0.2) is 64.4 Å². The Balaban J connectivity index is 1.75. The minimum Gasteiger partial charge on any atom is -0.507 e. The van der Waals surface area contributed by atoms with E-state index in [9.17, 15) is 29.4 Å². The molecule has 5 unspecified atom stereocenters. The molecule has 1 fully saturated rings. The van der Waals surface area contributed by atoms with Crippen molar-refractivity contribution in [3.63, 3.8) is 0 Å². The number of aromatic hydroxyl groups is 1. The molecule has 180 valence electrons. The summed E-state index contributed by atoms with van der Waals surface area (Å²) in [6.07, 6.45) is -2.89. The van der Waals surface area contributed by atoms with Crippen LogP contribution in [0.4, 0.5) is 0 Å². The number of aliphatic hydroxyl groups excluding tert-OH is 1. The van der Waals surface area contributed by atoms with E-state index in [4.69, 9.17) is 9.47 Å². The highest BCUT2D eigenvalue weighted by molar-refractivity contribution is 5.95. The summed E-state index contributed by atoms with van der Waals surface area (Å²) >= 11 is 0. The summed E-state index contributed by atoms with van der Waals surface area (Å²) < 4.78 is 10.6. The van der Waals surface area contributed by atoms with Crippen molar-refractivity contribution < 1.29 is 38.9 Å². The molecule has 4 N–H and O–H groups in total. The minimum absolute atomic E-state index is 0.107. The van der Waals surface area contributed by atoms with Gasteiger partial charge in [0.05, 0.1) is 18.5 Å². The highest BCUT2D eigenvalue weighted by Gasteiger charge is 2.44. The van der Waals surface area contributed by atoms with Crippen molar-refractivity contribution in [2.24, 2.45) is 5.92 Å². The molecule has 1 saturated heterocycles. The molecule has 2 aliphatic rings. The van der Waals surface area contributed by atoms with Crippen molar-refractivity contribution >= 4 is 23.8 Å². The van der Waals surface area contributed by atoms with E-state index in [1.54, 1.807) is 19.1 Å². The van der Waals surface area contributed by atoms with Crippen molar-refractivity contribution in [2.45, 2.75) is 76.9 Å². The molecule has 3 rings (SSSR count). The number of ether oxygens (including phenoxy) is 2. The number of phenolic OH excluding ortho intramolecular Hbond substituents is 1. The van der Waals surface area contributed by atoms with E-state index in [0.717, 1.165) is 0 Å². The highest BCUT2D eigenvalue weighted by atomic mass is 16.6. The van der Waals surface area contributed by atoms with Crippen LogP contribution in [0.3, 0.4) is 0 Å². The van der Waals surface area contributed by atoms with Crippen LogP contribution in [0.25, 0.3) is 0 Å². The topological polar surface area (TPSA) is 151 Å². The molecule has 0 aliphatic carbocycles. The monoisotopic (exact) mass is 462 g/mol. The highest BCUT2D eigenvalue weighted by Crippen LogP contribution is 2.30. The van der Waals surface area contributed by atoms with Crippen LogP contribution < -0.4 is 10.6 Å². The van der Waals surface area contributed by atoms with E-state index in [0.29, 0.717) is 12.0 Å². The fraction of sp³-hybridized carbons (Fsp3) is 0.565. The second-order valence-electron chi connectivity index (χ2n) is 8.83. The number of carbonyl (C=O) groups excluding carboxylic acids is 4.